The minimum absolute atomic E-state index is 0.388. The van der Waals surface area contributed by atoms with E-state index >= 15 is 0 Å². The van der Waals surface area contributed by atoms with Gasteiger partial charge in [-0.25, -0.2) is 4.79 Å². The first kappa shape index (κ1) is 15.9. The van der Waals surface area contributed by atoms with Gasteiger partial charge in [0.15, 0.2) is 5.60 Å². The molecule has 2 heterocycles. The van der Waals surface area contributed by atoms with Gasteiger partial charge >= 0.3 is 6.09 Å². The molecule has 1 spiro atoms. The summed E-state index contributed by atoms with van der Waals surface area (Å²) >= 11 is 0. The van der Waals surface area contributed by atoms with Crippen LogP contribution in [-0.4, -0.2) is 23.1 Å². The van der Waals surface area contributed by atoms with Crippen LogP contribution in [-0.2, 0) is 6.42 Å². The predicted molar refractivity (Wildman–Crippen MR) is 103 cm³/mol. The molecule has 4 heteroatoms. The highest BCUT2D eigenvalue weighted by Gasteiger charge is 2.48. The largest absolute Gasteiger partial charge is 0.480 e. The summed E-state index contributed by atoms with van der Waals surface area (Å²) in [6.07, 6.45) is 9.31. The van der Waals surface area contributed by atoms with Gasteiger partial charge in [-0.2, -0.15) is 0 Å². The molecule has 5 rings (SSSR count). The maximum Gasteiger partial charge on any atom is 0.419 e. The van der Waals surface area contributed by atoms with Gasteiger partial charge in [0.05, 0.1) is 6.54 Å². The van der Waals surface area contributed by atoms with E-state index in [0.29, 0.717) is 12.3 Å². The lowest BCUT2D eigenvalue weighted by Crippen LogP contribution is -2.52. The molecule has 1 atom stereocenters. The standard InChI is InChI=1S/C23H19NO3/c25-22(26-19-10-2-1-3-11-19)24-15-18-9-4-6-12-20(18)23(16-24)14-17-8-5-7-13-21(17)27-23/h1-8,10-13,15H,9,14,16H2. The number of carbonyl (C=O) groups excluding carboxylic acids is 1. The van der Waals surface area contributed by atoms with E-state index in [9.17, 15) is 4.79 Å². The molecule has 2 aromatic rings. The molecule has 0 N–H and O–H groups in total. The summed E-state index contributed by atoms with van der Waals surface area (Å²) in [7, 11) is 0. The van der Waals surface area contributed by atoms with Crippen LogP contribution in [0, 0.1) is 0 Å². The Morgan fingerprint density at radius 1 is 1.07 bits per heavy atom. The number of hydrogen-bond acceptors (Lipinski definition) is 3. The second-order valence-electron chi connectivity index (χ2n) is 7.06. The van der Waals surface area contributed by atoms with Crippen molar-refractivity contribution in [3.05, 3.63) is 95.7 Å². The number of carbonyl (C=O) groups is 1. The lowest BCUT2D eigenvalue weighted by Gasteiger charge is -2.40. The molecule has 0 bridgehead atoms. The van der Waals surface area contributed by atoms with Crippen molar-refractivity contribution < 1.29 is 14.3 Å². The predicted octanol–water partition coefficient (Wildman–Crippen LogP) is 4.65. The molecule has 1 amide bonds. The fourth-order valence-electron chi connectivity index (χ4n) is 4.04. The van der Waals surface area contributed by atoms with Crippen molar-refractivity contribution in [2.24, 2.45) is 0 Å². The number of nitrogens with zero attached hydrogens (tertiary/aromatic N) is 1. The zero-order chi connectivity index (χ0) is 18.3. The zero-order valence-electron chi connectivity index (χ0n) is 14.8. The molecule has 134 valence electrons. The van der Waals surface area contributed by atoms with Crippen LogP contribution in [0.15, 0.2) is 90.2 Å². The van der Waals surface area contributed by atoms with Crippen molar-refractivity contribution in [2.75, 3.05) is 6.54 Å². The Morgan fingerprint density at radius 2 is 1.89 bits per heavy atom. The Bertz CT molecular complexity index is 963. The Morgan fingerprint density at radius 3 is 2.74 bits per heavy atom. The minimum Gasteiger partial charge on any atom is -0.480 e. The van der Waals surface area contributed by atoms with Crippen molar-refractivity contribution >= 4 is 6.09 Å². The summed E-state index contributed by atoms with van der Waals surface area (Å²) in [5, 5.41) is 0. The highest BCUT2D eigenvalue weighted by atomic mass is 16.6. The Kier molecular flexibility index (Phi) is 3.64. The average Bonchev–Trinajstić information content (AvgIpc) is 3.07. The highest BCUT2D eigenvalue weighted by Crippen LogP contribution is 2.45. The third kappa shape index (κ3) is 2.74. The third-order valence-corrected chi connectivity index (χ3v) is 5.25. The number of benzene rings is 2. The molecular formula is C23H19NO3. The van der Waals surface area contributed by atoms with Crippen molar-refractivity contribution in [3.63, 3.8) is 0 Å². The molecule has 0 saturated heterocycles. The van der Waals surface area contributed by atoms with Crippen molar-refractivity contribution in [2.45, 2.75) is 18.4 Å². The van der Waals surface area contributed by atoms with Crippen LogP contribution >= 0.6 is 0 Å². The summed E-state index contributed by atoms with van der Waals surface area (Å²) in [6, 6.07) is 17.2. The molecule has 0 radical (unpaired) electrons. The van der Waals surface area contributed by atoms with Gasteiger partial charge < -0.3 is 9.47 Å². The van der Waals surface area contributed by atoms with E-state index in [2.05, 4.69) is 24.3 Å². The monoisotopic (exact) mass is 357 g/mol. The molecule has 4 nitrogen and oxygen atoms in total. The van der Waals surface area contributed by atoms with E-state index in [-0.39, 0.29) is 6.09 Å². The first-order valence-corrected chi connectivity index (χ1v) is 9.12. The van der Waals surface area contributed by atoms with Gasteiger partial charge in [-0.3, -0.25) is 4.90 Å². The van der Waals surface area contributed by atoms with Gasteiger partial charge in [-0.15, -0.1) is 0 Å². The third-order valence-electron chi connectivity index (χ3n) is 5.25. The fraction of sp³-hybridized carbons (Fsp3) is 0.174. The second kappa shape index (κ2) is 6.16. The van der Waals surface area contributed by atoms with E-state index in [1.54, 1.807) is 17.0 Å². The first-order valence-electron chi connectivity index (χ1n) is 9.12. The smallest absolute Gasteiger partial charge is 0.419 e. The van der Waals surface area contributed by atoms with Gasteiger partial charge in [0, 0.05) is 18.2 Å². The molecule has 0 saturated carbocycles. The lowest BCUT2D eigenvalue weighted by molar-refractivity contribution is 0.0857. The minimum atomic E-state index is -0.561. The molecular weight excluding hydrogens is 338 g/mol. The molecule has 27 heavy (non-hydrogen) atoms. The number of amides is 1. The Hall–Kier alpha value is -3.27. The fourth-order valence-corrected chi connectivity index (χ4v) is 4.04. The van der Waals surface area contributed by atoms with Crippen LogP contribution in [0.5, 0.6) is 11.5 Å². The van der Waals surface area contributed by atoms with Crippen LogP contribution in [0.2, 0.25) is 0 Å². The van der Waals surface area contributed by atoms with Gasteiger partial charge in [-0.05, 0) is 35.8 Å². The van der Waals surface area contributed by atoms with E-state index in [1.165, 1.54) is 5.56 Å². The summed E-state index contributed by atoms with van der Waals surface area (Å²) in [4.78, 5) is 14.5. The summed E-state index contributed by atoms with van der Waals surface area (Å²) in [5.41, 5.74) is 2.87. The number of fused-ring (bicyclic) bond motifs is 3. The molecule has 2 aromatic carbocycles. The molecule has 3 aliphatic rings. The Balaban J connectivity index is 1.48. The van der Waals surface area contributed by atoms with E-state index in [4.69, 9.17) is 9.47 Å². The molecule has 0 aromatic heterocycles. The maximum atomic E-state index is 12.8. The van der Waals surface area contributed by atoms with E-state index in [1.807, 2.05) is 42.6 Å². The van der Waals surface area contributed by atoms with Crippen molar-refractivity contribution in [1.29, 1.82) is 0 Å². The van der Waals surface area contributed by atoms with Gasteiger partial charge in [0.1, 0.15) is 11.5 Å². The number of ether oxygens (including phenoxy) is 2. The zero-order valence-corrected chi connectivity index (χ0v) is 14.8. The molecule has 1 aliphatic carbocycles. The maximum absolute atomic E-state index is 12.8. The highest BCUT2D eigenvalue weighted by molar-refractivity contribution is 5.74. The van der Waals surface area contributed by atoms with Crippen molar-refractivity contribution in [3.8, 4) is 11.5 Å². The van der Waals surface area contributed by atoms with Gasteiger partial charge in [-0.1, -0.05) is 54.6 Å². The molecule has 2 aliphatic heterocycles. The normalized spacial score (nSPS) is 22.4. The number of rotatable bonds is 1. The van der Waals surface area contributed by atoms with Crippen LogP contribution < -0.4 is 9.47 Å². The summed E-state index contributed by atoms with van der Waals surface area (Å²) < 4.78 is 12.0. The lowest BCUT2D eigenvalue weighted by atomic mass is 9.79. The van der Waals surface area contributed by atoms with Crippen molar-refractivity contribution in [1.82, 2.24) is 4.90 Å². The van der Waals surface area contributed by atoms with Crippen LogP contribution in [0.25, 0.3) is 0 Å². The second-order valence-corrected chi connectivity index (χ2v) is 7.06. The van der Waals surface area contributed by atoms with Crippen LogP contribution in [0.3, 0.4) is 0 Å². The quantitative estimate of drug-likeness (QED) is 0.746. The van der Waals surface area contributed by atoms with Crippen LogP contribution in [0.4, 0.5) is 4.79 Å². The summed E-state index contributed by atoms with van der Waals surface area (Å²) in [6.45, 7) is 0.427. The molecule has 1 unspecified atom stereocenters. The number of allylic oxidation sites excluding steroid dienone is 3. The van der Waals surface area contributed by atoms with Crippen LogP contribution in [0.1, 0.15) is 12.0 Å². The Labute approximate surface area is 158 Å². The summed E-state index contributed by atoms with van der Waals surface area (Å²) in [5.74, 6) is 1.43. The van der Waals surface area contributed by atoms with E-state index in [0.717, 1.165) is 29.7 Å². The topological polar surface area (TPSA) is 38.8 Å². The SMILES string of the molecule is O=C(Oc1ccccc1)N1C=C2CC=CC=C2C2(Cc3ccccc3O2)C1. The van der Waals surface area contributed by atoms with Gasteiger partial charge in [0.25, 0.3) is 0 Å². The average molecular weight is 357 g/mol. The molecule has 0 fully saturated rings. The number of hydrogen-bond donors (Lipinski definition) is 0. The van der Waals surface area contributed by atoms with Gasteiger partial charge in [0.2, 0.25) is 0 Å². The first-order chi connectivity index (χ1) is 13.2. The van der Waals surface area contributed by atoms with E-state index < -0.39 is 5.60 Å². The number of para-hydroxylation sites is 2.